The number of amides is 2. The normalized spacial score (nSPS) is 22.3. The summed E-state index contributed by atoms with van der Waals surface area (Å²) in [5.41, 5.74) is 2.71. The van der Waals surface area contributed by atoms with E-state index in [1.165, 1.54) is 16.2 Å². The second-order valence-corrected chi connectivity index (χ2v) is 10.9. The van der Waals surface area contributed by atoms with Gasteiger partial charge in [-0.15, -0.1) is 11.3 Å². The van der Waals surface area contributed by atoms with Crippen LogP contribution in [0.5, 0.6) is 11.5 Å². The molecule has 10 heteroatoms. The predicted molar refractivity (Wildman–Crippen MR) is 143 cm³/mol. The summed E-state index contributed by atoms with van der Waals surface area (Å²) in [5.74, 6) is -0.623. The van der Waals surface area contributed by atoms with Crippen LogP contribution in [0.3, 0.4) is 0 Å². The van der Waals surface area contributed by atoms with Crippen molar-refractivity contribution in [3.8, 4) is 17.6 Å². The number of hydrogen-bond donors (Lipinski definition) is 0. The number of ether oxygens (including phenoxy) is 2. The molecule has 0 saturated carbocycles. The van der Waals surface area contributed by atoms with Crippen molar-refractivity contribution in [1.82, 2.24) is 0 Å². The van der Waals surface area contributed by atoms with Gasteiger partial charge in [0.1, 0.15) is 28.5 Å². The SMILES string of the molecule is COc1ccc([C@H]2[C@H]3C(=O)N(c4sc5c(c4C#N)CCCC5)C(=O)[C@@H]3ON2c2ccc(Cl)cc2)c(OC)c1. The van der Waals surface area contributed by atoms with Gasteiger partial charge in [0.2, 0.25) is 5.91 Å². The minimum Gasteiger partial charge on any atom is -0.497 e. The van der Waals surface area contributed by atoms with E-state index in [1.54, 1.807) is 55.7 Å². The number of aryl methyl sites for hydroxylation is 1. The van der Waals surface area contributed by atoms with Gasteiger partial charge in [0.25, 0.3) is 5.91 Å². The maximum absolute atomic E-state index is 14.1. The van der Waals surface area contributed by atoms with Crippen LogP contribution in [0, 0.1) is 17.2 Å². The number of rotatable bonds is 5. The molecule has 0 unspecified atom stereocenters. The fourth-order valence-corrected chi connectivity index (χ4v) is 7.10. The minimum atomic E-state index is -1.05. The van der Waals surface area contributed by atoms with Crippen LogP contribution in [0.25, 0.3) is 0 Å². The number of fused-ring (bicyclic) bond motifs is 2. The summed E-state index contributed by atoms with van der Waals surface area (Å²) >= 11 is 7.50. The molecular formula is C28H24ClN3O5S. The number of carbonyl (C=O) groups excluding carboxylic acids is 2. The summed E-state index contributed by atoms with van der Waals surface area (Å²) in [6.45, 7) is 0. The van der Waals surface area contributed by atoms with E-state index in [9.17, 15) is 14.9 Å². The van der Waals surface area contributed by atoms with Gasteiger partial charge < -0.3 is 9.47 Å². The topological polar surface area (TPSA) is 92.1 Å². The average Bonchev–Trinajstić information content (AvgIpc) is 3.58. The lowest BCUT2D eigenvalue weighted by atomic mass is 9.90. The molecule has 2 amide bonds. The number of hydrogen-bond acceptors (Lipinski definition) is 8. The Labute approximate surface area is 228 Å². The molecule has 3 aliphatic rings. The molecule has 2 aromatic carbocycles. The van der Waals surface area contributed by atoms with E-state index < -0.39 is 29.9 Å². The van der Waals surface area contributed by atoms with Crippen molar-refractivity contribution in [2.24, 2.45) is 5.92 Å². The molecule has 2 aliphatic heterocycles. The molecule has 3 aromatic rings. The van der Waals surface area contributed by atoms with Gasteiger partial charge in [-0.05, 0) is 67.6 Å². The highest BCUT2D eigenvalue weighted by Gasteiger charge is 2.61. The molecule has 2 saturated heterocycles. The van der Waals surface area contributed by atoms with Crippen LogP contribution in [-0.4, -0.2) is 32.1 Å². The van der Waals surface area contributed by atoms with Crippen molar-refractivity contribution in [3.05, 3.63) is 69.1 Å². The number of anilines is 2. The molecule has 2 fully saturated rings. The van der Waals surface area contributed by atoms with Gasteiger partial charge in [0.15, 0.2) is 6.10 Å². The number of hydroxylamine groups is 1. The maximum atomic E-state index is 14.1. The van der Waals surface area contributed by atoms with E-state index in [0.717, 1.165) is 36.1 Å². The molecule has 0 N–H and O–H groups in total. The molecule has 8 nitrogen and oxygen atoms in total. The number of methoxy groups -OCH3 is 2. The first kappa shape index (κ1) is 24.7. The van der Waals surface area contributed by atoms with Crippen molar-refractivity contribution >= 4 is 45.4 Å². The monoisotopic (exact) mass is 549 g/mol. The third kappa shape index (κ3) is 3.75. The van der Waals surface area contributed by atoms with Gasteiger partial charge in [-0.2, -0.15) is 5.26 Å². The quantitative estimate of drug-likeness (QED) is 0.403. The van der Waals surface area contributed by atoms with E-state index in [2.05, 4.69) is 6.07 Å². The van der Waals surface area contributed by atoms with Crippen molar-refractivity contribution < 1.29 is 23.9 Å². The lowest BCUT2D eigenvalue weighted by Gasteiger charge is -2.29. The molecule has 38 heavy (non-hydrogen) atoms. The molecule has 3 atom stereocenters. The summed E-state index contributed by atoms with van der Waals surface area (Å²) in [7, 11) is 3.11. The van der Waals surface area contributed by atoms with Crippen LogP contribution < -0.4 is 19.4 Å². The van der Waals surface area contributed by atoms with Gasteiger partial charge >= 0.3 is 0 Å². The van der Waals surface area contributed by atoms with E-state index in [1.807, 2.05) is 6.07 Å². The summed E-state index contributed by atoms with van der Waals surface area (Å²) < 4.78 is 11.0. The number of imide groups is 1. The Morgan fingerprint density at radius 3 is 2.53 bits per heavy atom. The molecule has 0 spiro atoms. The summed E-state index contributed by atoms with van der Waals surface area (Å²) in [4.78, 5) is 36.5. The third-order valence-electron chi connectivity index (χ3n) is 7.42. The zero-order valence-corrected chi connectivity index (χ0v) is 22.3. The first-order valence-corrected chi connectivity index (χ1v) is 13.5. The Bertz CT molecular complexity index is 1480. The lowest BCUT2D eigenvalue weighted by Crippen LogP contribution is -2.37. The maximum Gasteiger partial charge on any atom is 0.267 e. The number of thiophene rings is 1. The third-order valence-corrected chi connectivity index (χ3v) is 8.95. The molecule has 6 rings (SSSR count). The Balaban J connectivity index is 1.47. The van der Waals surface area contributed by atoms with Crippen LogP contribution in [-0.2, 0) is 27.3 Å². The Morgan fingerprint density at radius 1 is 1.05 bits per heavy atom. The highest BCUT2D eigenvalue weighted by Crippen LogP contribution is 2.52. The van der Waals surface area contributed by atoms with Crippen molar-refractivity contribution in [2.45, 2.75) is 37.8 Å². The van der Waals surface area contributed by atoms with Crippen LogP contribution in [0.1, 0.15) is 40.5 Å². The second kappa shape index (κ2) is 9.62. The van der Waals surface area contributed by atoms with Crippen LogP contribution >= 0.6 is 22.9 Å². The Morgan fingerprint density at radius 2 is 1.82 bits per heavy atom. The molecule has 0 bridgehead atoms. The zero-order valence-electron chi connectivity index (χ0n) is 20.8. The summed E-state index contributed by atoms with van der Waals surface area (Å²) in [6.07, 6.45) is 2.60. The van der Waals surface area contributed by atoms with E-state index in [0.29, 0.717) is 38.3 Å². The first-order chi connectivity index (χ1) is 18.5. The lowest BCUT2D eigenvalue weighted by molar-refractivity contribution is -0.126. The van der Waals surface area contributed by atoms with Crippen LogP contribution in [0.15, 0.2) is 42.5 Å². The fraction of sp³-hybridized carbons (Fsp3) is 0.321. The van der Waals surface area contributed by atoms with Gasteiger partial charge in [0.05, 0.1) is 31.5 Å². The zero-order chi connectivity index (χ0) is 26.6. The van der Waals surface area contributed by atoms with Gasteiger partial charge in [0, 0.05) is 21.5 Å². The van der Waals surface area contributed by atoms with Crippen LogP contribution in [0.4, 0.5) is 10.7 Å². The molecular weight excluding hydrogens is 526 g/mol. The van der Waals surface area contributed by atoms with Crippen molar-refractivity contribution in [3.63, 3.8) is 0 Å². The fourth-order valence-electron chi connectivity index (χ4n) is 5.63. The van der Waals surface area contributed by atoms with E-state index in [4.69, 9.17) is 25.9 Å². The van der Waals surface area contributed by atoms with Gasteiger partial charge in [-0.3, -0.25) is 14.4 Å². The first-order valence-electron chi connectivity index (χ1n) is 12.3. The van der Waals surface area contributed by atoms with Crippen molar-refractivity contribution in [1.29, 1.82) is 5.26 Å². The number of nitriles is 1. The molecule has 1 aromatic heterocycles. The standard InChI is InChI=1S/C28H24ClN3O5S/c1-35-17-11-12-19(21(13-17)36-2)24-23-25(37-32(24)16-9-7-15(29)8-10-16)27(34)31(26(23)33)28-20(14-30)18-5-3-4-6-22(18)38-28/h7-13,23-25H,3-6H2,1-2H3/t23-,24+,25-/m1/s1. The molecule has 3 heterocycles. The smallest absolute Gasteiger partial charge is 0.267 e. The minimum absolute atomic E-state index is 0.394. The molecule has 1 aliphatic carbocycles. The Hall–Kier alpha value is -3.58. The second-order valence-electron chi connectivity index (χ2n) is 9.42. The Kier molecular flexibility index (Phi) is 6.26. The summed E-state index contributed by atoms with van der Waals surface area (Å²) in [6, 6.07) is 13.9. The van der Waals surface area contributed by atoms with E-state index in [-0.39, 0.29) is 0 Å². The predicted octanol–water partition coefficient (Wildman–Crippen LogP) is 5.22. The number of nitrogens with zero attached hydrogens (tertiary/aromatic N) is 3. The molecule has 0 radical (unpaired) electrons. The van der Waals surface area contributed by atoms with Crippen LogP contribution in [0.2, 0.25) is 5.02 Å². The average molecular weight is 550 g/mol. The number of carbonyl (C=O) groups is 2. The van der Waals surface area contributed by atoms with Gasteiger partial charge in [-0.25, -0.2) is 9.96 Å². The largest absolute Gasteiger partial charge is 0.497 e. The molecule has 194 valence electrons. The summed E-state index contributed by atoms with van der Waals surface area (Å²) in [5, 5.41) is 12.5. The number of benzene rings is 2. The van der Waals surface area contributed by atoms with Crippen molar-refractivity contribution in [2.75, 3.05) is 24.2 Å². The van der Waals surface area contributed by atoms with Gasteiger partial charge in [-0.1, -0.05) is 11.6 Å². The highest BCUT2D eigenvalue weighted by atomic mass is 35.5. The van der Waals surface area contributed by atoms with E-state index >= 15 is 0 Å². The number of halogens is 1. The highest BCUT2D eigenvalue weighted by molar-refractivity contribution is 7.17.